The van der Waals surface area contributed by atoms with Gasteiger partial charge in [-0.15, -0.1) is 0 Å². The van der Waals surface area contributed by atoms with Crippen LogP contribution in [0.25, 0.3) is 0 Å². The molecule has 1 saturated heterocycles. The Hall–Kier alpha value is -1.89. The molecule has 3 aliphatic rings. The van der Waals surface area contributed by atoms with Gasteiger partial charge in [-0.1, -0.05) is 194 Å². The number of unbranched alkanes of at least 4 members (excludes halogenated alkanes) is 18. The average molecular weight is 912 g/mol. The Bertz CT molecular complexity index is 1230. The molecule has 2 aliphatic carbocycles. The lowest BCUT2D eigenvalue weighted by molar-refractivity contribution is -0.158. The zero-order chi connectivity index (χ0) is 46.7. The average Bonchev–Trinajstić information content (AvgIpc) is 3.96. The van der Waals surface area contributed by atoms with E-state index in [1.54, 1.807) is 0 Å². The minimum absolute atomic E-state index is 0.00241. The fourth-order valence-corrected chi connectivity index (χ4v) is 11.1. The maximum atomic E-state index is 13.7. The summed E-state index contributed by atoms with van der Waals surface area (Å²) in [5.74, 6) is 2.31. The highest BCUT2D eigenvalue weighted by Gasteiger charge is 2.40. The van der Waals surface area contributed by atoms with Crippen LogP contribution in [-0.4, -0.2) is 62.3 Å². The van der Waals surface area contributed by atoms with Gasteiger partial charge in [0.2, 0.25) is 0 Å². The number of ether oxygens (including phenoxy) is 3. The monoisotopic (exact) mass is 912 g/mol. The van der Waals surface area contributed by atoms with Gasteiger partial charge in [0, 0.05) is 12.3 Å². The lowest BCUT2D eigenvalue weighted by Gasteiger charge is -2.30. The van der Waals surface area contributed by atoms with Crippen LogP contribution in [0.3, 0.4) is 0 Å². The van der Waals surface area contributed by atoms with Gasteiger partial charge in [-0.2, -0.15) is 0 Å². The molecule has 0 bridgehead atoms. The Morgan fingerprint density at radius 3 is 1.71 bits per heavy atom. The van der Waals surface area contributed by atoms with Crippen molar-refractivity contribution in [1.82, 2.24) is 4.90 Å². The van der Waals surface area contributed by atoms with E-state index in [0.717, 1.165) is 108 Å². The molecule has 1 heterocycles. The van der Waals surface area contributed by atoms with E-state index in [2.05, 4.69) is 51.8 Å². The molecule has 0 N–H and O–H groups in total. The van der Waals surface area contributed by atoms with Crippen molar-refractivity contribution in [3.63, 3.8) is 0 Å². The minimum atomic E-state index is -0.150. The van der Waals surface area contributed by atoms with Gasteiger partial charge in [0.05, 0.1) is 25.0 Å². The molecule has 3 rings (SSSR count). The Morgan fingerprint density at radius 1 is 0.585 bits per heavy atom. The largest absolute Gasteiger partial charge is 0.466 e. The Balaban J connectivity index is 1.47. The number of rotatable bonds is 41. The van der Waals surface area contributed by atoms with Gasteiger partial charge < -0.3 is 19.1 Å². The molecule has 1 aliphatic heterocycles. The third-order valence-corrected chi connectivity index (χ3v) is 15.8. The first-order valence-electron chi connectivity index (χ1n) is 28.7. The summed E-state index contributed by atoms with van der Waals surface area (Å²) < 4.78 is 18.4. The third kappa shape index (κ3) is 26.5. The van der Waals surface area contributed by atoms with Crippen molar-refractivity contribution in [3.8, 4) is 0 Å². The van der Waals surface area contributed by atoms with Gasteiger partial charge in [-0.25, -0.2) is 0 Å². The summed E-state index contributed by atoms with van der Waals surface area (Å²) in [5, 5.41) is 0. The number of piperidine rings is 1. The second-order valence-corrected chi connectivity index (χ2v) is 21.5. The van der Waals surface area contributed by atoms with Crippen molar-refractivity contribution in [2.45, 2.75) is 265 Å². The van der Waals surface area contributed by atoms with Crippen molar-refractivity contribution >= 4 is 17.9 Å². The van der Waals surface area contributed by atoms with Crippen LogP contribution in [-0.2, 0) is 28.6 Å². The maximum absolute atomic E-state index is 13.7. The molecule has 0 aromatic heterocycles. The van der Waals surface area contributed by atoms with E-state index in [9.17, 15) is 14.4 Å². The molecule has 7 heteroatoms. The van der Waals surface area contributed by atoms with Gasteiger partial charge in [-0.05, 0) is 114 Å². The van der Waals surface area contributed by atoms with Crippen molar-refractivity contribution < 1.29 is 28.6 Å². The number of hydrogen-bond donors (Lipinski definition) is 0. The van der Waals surface area contributed by atoms with Crippen LogP contribution in [0, 0.1) is 41.4 Å². The van der Waals surface area contributed by atoms with Crippen LogP contribution in [0.2, 0.25) is 0 Å². The Labute approximate surface area is 401 Å². The zero-order valence-corrected chi connectivity index (χ0v) is 43.5. The van der Waals surface area contributed by atoms with Crippen LogP contribution in [0.5, 0.6) is 0 Å². The highest BCUT2D eigenvalue weighted by Crippen LogP contribution is 2.46. The SMILES string of the molecule is CC/C=C\CC1C(CC(=O)OCCC(CCCCCCCCC2CC2CCCCCCCC)COC(=O)C(CCCCCC)CCCCCCCC)CCC1OC(=O)C1CCN(C)CC1. The van der Waals surface area contributed by atoms with Gasteiger partial charge in [0.15, 0.2) is 0 Å². The van der Waals surface area contributed by atoms with E-state index in [1.165, 1.54) is 141 Å². The van der Waals surface area contributed by atoms with E-state index in [4.69, 9.17) is 14.2 Å². The molecule has 3 fully saturated rings. The first-order chi connectivity index (χ1) is 31.8. The second-order valence-electron chi connectivity index (χ2n) is 21.5. The van der Waals surface area contributed by atoms with Crippen molar-refractivity contribution in [2.24, 2.45) is 41.4 Å². The molecule has 0 aromatic carbocycles. The van der Waals surface area contributed by atoms with Crippen LogP contribution in [0.15, 0.2) is 12.2 Å². The van der Waals surface area contributed by atoms with Crippen molar-refractivity contribution in [2.75, 3.05) is 33.4 Å². The number of esters is 3. The standard InChI is InChI=1S/C58H105NO6/c1-6-10-14-17-22-28-33-49(32-27-16-12-8-3)57(61)64-47-48(31-26-21-19-20-24-30-35-52-45-51(52)34-29-23-18-15-11-7-2)41-44-63-56(60)46-53-37-38-55(54(53)36-25-13-9-4)65-58(62)50-39-42-59(5)43-40-50/h13,25,48-55H,6-12,14-24,26-47H2,1-5H3/b25-13-. The maximum Gasteiger partial charge on any atom is 0.309 e. The van der Waals surface area contributed by atoms with Crippen molar-refractivity contribution in [3.05, 3.63) is 12.2 Å². The number of nitrogens with zero attached hydrogens (tertiary/aromatic N) is 1. The van der Waals surface area contributed by atoms with Gasteiger partial charge >= 0.3 is 17.9 Å². The summed E-state index contributed by atoms with van der Waals surface area (Å²) in [4.78, 5) is 42.6. The number of likely N-dealkylation sites (tertiary alicyclic amines) is 1. The van der Waals surface area contributed by atoms with Gasteiger partial charge in [0.25, 0.3) is 0 Å². The fourth-order valence-electron chi connectivity index (χ4n) is 11.1. The topological polar surface area (TPSA) is 82.1 Å². The minimum Gasteiger partial charge on any atom is -0.466 e. The lowest BCUT2D eigenvalue weighted by Crippen LogP contribution is -2.36. The smallest absolute Gasteiger partial charge is 0.309 e. The van der Waals surface area contributed by atoms with Crippen molar-refractivity contribution in [1.29, 1.82) is 0 Å². The van der Waals surface area contributed by atoms with Crippen LogP contribution in [0.1, 0.15) is 259 Å². The molecule has 0 aromatic rings. The highest BCUT2D eigenvalue weighted by molar-refractivity contribution is 5.73. The first-order valence-corrected chi connectivity index (χ1v) is 28.7. The molecule has 0 amide bonds. The van der Waals surface area contributed by atoms with E-state index in [-0.39, 0.29) is 53.6 Å². The molecule has 7 nitrogen and oxygen atoms in total. The zero-order valence-electron chi connectivity index (χ0n) is 43.5. The molecular formula is C58H105NO6. The predicted octanol–water partition coefficient (Wildman–Crippen LogP) is 15.9. The van der Waals surface area contributed by atoms with Crippen LogP contribution < -0.4 is 0 Å². The summed E-state index contributed by atoms with van der Waals surface area (Å²) in [6, 6.07) is 0. The number of carbonyl (C=O) groups excluding carboxylic acids is 3. The number of hydrogen-bond acceptors (Lipinski definition) is 7. The summed E-state index contributed by atoms with van der Waals surface area (Å²) in [6.45, 7) is 11.6. The van der Waals surface area contributed by atoms with Gasteiger partial charge in [-0.3, -0.25) is 14.4 Å². The summed E-state index contributed by atoms with van der Waals surface area (Å²) in [5.41, 5.74) is 0. The molecule has 0 spiro atoms. The Morgan fingerprint density at radius 2 is 1.12 bits per heavy atom. The predicted molar refractivity (Wildman–Crippen MR) is 272 cm³/mol. The molecule has 7 atom stereocenters. The summed E-state index contributed by atoms with van der Waals surface area (Å²) in [6.07, 6.45) is 46.1. The molecule has 7 unspecified atom stereocenters. The van der Waals surface area contributed by atoms with Crippen LogP contribution in [0.4, 0.5) is 0 Å². The molecular weight excluding hydrogens is 807 g/mol. The summed E-state index contributed by atoms with van der Waals surface area (Å²) in [7, 11) is 2.11. The van der Waals surface area contributed by atoms with Gasteiger partial charge in [0.1, 0.15) is 6.10 Å². The highest BCUT2D eigenvalue weighted by atomic mass is 16.5. The third-order valence-electron chi connectivity index (χ3n) is 15.8. The Kier molecular flexibility index (Phi) is 32.7. The fraction of sp³-hybridized carbons (Fsp3) is 0.914. The van der Waals surface area contributed by atoms with E-state index in [1.807, 2.05) is 0 Å². The number of allylic oxidation sites excluding steroid dienone is 2. The molecule has 378 valence electrons. The molecule has 2 saturated carbocycles. The lowest BCUT2D eigenvalue weighted by atomic mass is 9.88. The van der Waals surface area contributed by atoms with E-state index < -0.39 is 0 Å². The first kappa shape index (κ1) is 57.4. The van der Waals surface area contributed by atoms with E-state index >= 15 is 0 Å². The van der Waals surface area contributed by atoms with E-state index in [0.29, 0.717) is 19.6 Å². The number of carbonyl (C=O) groups is 3. The molecule has 0 radical (unpaired) electrons. The quantitative estimate of drug-likeness (QED) is 0.0261. The molecule has 65 heavy (non-hydrogen) atoms. The van der Waals surface area contributed by atoms with Crippen LogP contribution >= 0.6 is 0 Å². The second kappa shape index (κ2) is 37.1. The normalized spacial score (nSPS) is 22.3. The summed E-state index contributed by atoms with van der Waals surface area (Å²) >= 11 is 0.